The van der Waals surface area contributed by atoms with Crippen LogP contribution in [0.2, 0.25) is 0 Å². The summed E-state index contributed by atoms with van der Waals surface area (Å²) < 4.78 is 0. The lowest BCUT2D eigenvalue weighted by Crippen LogP contribution is -2.43. The first-order valence-electron chi connectivity index (χ1n) is 5.53. The number of hydrogen-bond acceptors (Lipinski definition) is 4. The lowest BCUT2D eigenvalue weighted by atomic mass is 9.92. The van der Waals surface area contributed by atoms with E-state index in [0.717, 1.165) is 18.3 Å². The summed E-state index contributed by atoms with van der Waals surface area (Å²) >= 11 is 0. The minimum Gasteiger partial charge on any atom is -0.368 e. The second-order valence-electron chi connectivity index (χ2n) is 4.33. The molecule has 4 heteroatoms. The van der Waals surface area contributed by atoms with Gasteiger partial charge in [-0.2, -0.15) is 4.98 Å². The molecule has 2 rings (SSSR count). The van der Waals surface area contributed by atoms with Crippen molar-refractivity contribution < 1.29 is 0 Å². The summed E-state index contributed by atoms with van der Waals surface area (Å²) in [6.07, 6.45) is 4.26. The first kappa shape index (κ1) is 10.2. The van der Waals surface area contributed by atoms with E-state index in [1.807, 2.05) is 6.07 Å². The van der Waals surface area contributed by atoms with Crippen LogP contribution in [0.15, 0.2) is 12.3 Å². The monoisotopic (exact) mass is 206 g/mol. The maximum absolute atomic E-state index is 5.60. The quantitative estimate of drug-likeness (QED) is 0.759. The molecule has 0 amide bonds. The lowest BCUT2D eigenvalue weighted by Gasteiger charge is -2.38. The van der Waals surface area contributed by atoms with Crippen molar-refractivity contribution in [2.45, 2.75) is 32.7 Å². The molecule has 0 radical (unpaired) electrons. The number of rotatable bonds is 1. The highest BCUT2D eigenvalue weighted by Gasteiger charge is 2.25. The van der Waals surface area contributed by atoms with Crippen molar-refractivity contribution in [3.8, 4) is 0 Å². The first-order valence-corrected chi connectivity index (χ1v) is 5.53. The average Bonchev–Trinajstić information content (AvgIpc) is 2.22. The second kappa shape index (κ2) is 4.04. The third-order valence-electron chi connectivity index (χ3n) is 3.33. The average molecular weight is 206 g/mol. The van der Waals surface area contributed by atoms with E-state index in [1.54, 1.807) is 6.20 Å². The highest BCUT2D eigenvalue weighted by atomic mass is 15.2. The highest BCUT2D eigenvalue weighted by molar-refractivity contribution is 5.42. The van der Waals surface area contributed by atoms with Crippen LogP contribution >= 0.6 is 0 Å². The van der Waals surface area contributed by atoms with Gasteiger partial charge >= 0.3 is 0 Å². The first-order chi connectivity index (χ1) is 7.18. The molecule has 2 atom stereocenters. The van der Waals surface area contributed by atoms with Crippen molar-refractivity contribution in [2.75, 3.05) is 17.2 Å². The number of nitrogens with two attached hydrogens (primary N) is 1. The summed E-state index contributed by atoms with van der Waals surface area (Å²) in [6.45, 7) is 5.62. The van der Waals surface area contributed by atoms with E-state index < -0.39 is 0 Å². The van der Waals surface area contributed by atoms with E-state index in [1.165, 1.54) is 12.8 Å². The Balaban J connectivity index is 2.22. The summed E-state index contributed by atoms with van der Waals surface area (Å²) in [5.74, 6) is 2.04. The van der Waals surface area contributed by atoms with Crippen LogP contribution in [0.5, 0.6) is 0 Å². The molecule has 0 aromatic carbocycles. The van der Waals surface area contributed by atoms with Crippen LogP contribution in [-0.4, -0.2) is 22.6 Å². The van der Waals surface area contributed by atoms with Crippen LogP contribution in [0, 0.1) is 5.92 Å². The standard InChI is InChI=1S/C11H18N4/c1-8-4-3-7-15(9(8)2)10-5-6-13-11(12)14-10/h5-6,8-9H,3-4,7H2,1-2H3,(H2,12,13,14). The Bertz CT molecular complexity index is 339. The minimum absolute atomic E-state index is 0.359. The summed E-state index contributed by atoms with van der Waals surface area (Å²) in [5.41, 5.74) is 5.60. The van der Waals surface area contributed by atoms with E-state index in [0.29, 0.717) is 12.0 Å². The molecule has 1 aliphatic rings. The minimum atomic E-state index is 0.359. The van der Waals surface area contributed by atoms with Crippen molar-refractivity contribution in [3.05, 3.63) is 12.3 Å². The van der Waals surface area contributed by atoms with Crippen LogP contribution in [-0.2, 0) is 0 Å². The van der Waals surface area contributed by atoms with Crippen LogP contribution in [0.1, 0.15) is 26.7 Å². The van der Waals surface area contributed by atoms with Gasteiger partial charge in [-0.1, -0.05) is 6.92 Å². The van der Waals surface area contributed by atoms with Gasteiger partial charge in [-0.05, 0) is 31.7 Å². The number of piperidine rings is 1. The molecule has 2 heterocycles. The van der Waals surface area contributed by atoms with Gasteiger partial charge in [0, 0.05) is 18.8 Å². The van der Waals surface area contributed by atoms with Crippen molar-refractivity contribution >= 4 is 11.8 Å². The largest absolute Gasteiger partial charge is 0.368 e. The van der Waals surface area contributed by atoms with Crippen molar-refractivity contribution in [1.29, 1.82) is 0 Å². The Morgan fingerprint density at radius 3 is 3.00 bits per heavy atom. The molecule has 2 unspecified atom stereocenters. The molecule has 0 aliphatic carbocycles. The van der Waals surface area contributed by atoms with Gasteiger partial charge in [0.05, 0.1) is 0 Å². The van der Waals surface area contributed by atoms with Crippen molar-refractivity contribution in [1.82, 2.24) is 9.97 Å². The van der Waals surface area contributed by atoms with E-state index in [-0.39, 0.29) is 0 Å². The molecule has 4 nitrogen and oxygen atoms in total. The van der Waals surface area contributed by atoms with Gasteiger partial charge in [0.25, 0.3) is 0 Å². The summed E-state index contributed by atoms with van der Waals surface area (Å²) in [7, 11) is 0. The van der Waals surface area contributed by atoms with Crippen LogP contribution in [0.4, 0.5) is 11.8 Å². The molecule has 1 aliphatic heterocycles. The molecule has 2 N–H and O–H groups in total. The molecule has 0 saturated carbocycles. The predicted octanol–water partition coefficient (Wildman–Crippen LogP) is 1.68. The molecule has 1 fully saturated rings. The fourth-order valence-corrected chi connectivity index (χ4v) is 2.18. The van der Waals surface area contributed by atoms with Crippen LogP contribution < -0.4 is 10.6 Å². The number of anilines is 2. The number of nitrogen functional groups attached to an aromatic ring is 1. The summed E-state index contributed by atoms with van der Waals surface area (Å²) in [4.78, 5) is 10.5. The van der Waals surface area contributed by atoms with E-state index in [4.69, 9.17) is 5.73 Å². The SMILES string of the molecule is CC1CCCN(c2ccnc(N)n2)C1C. The maximum atomic E-state index is 5.60. The van der Waals surface area contributed by atoms with Crippen molar-refractivity contribution in [3.63, 3.8) is 0 Å². The zero-order valence-corrected chi connectivity index (χ0v) is 9.35. The Morgan fingerprint density at radius 1 is 1.47 bits per heavy atom. The van der Waals surface area contributed by atoms with Gasteiger partial charge in [0.15, 0.2) is 0 Å². The fraction of sp³-hybridized carbons (Fsp3) is 0.636. The maximum Gasteiger partial charge on any atom is 0.221 e. The van der Waals surface area contributed by atoms with Gasteiger partial charge in [-0.25, -0.2) is 4.98 Å². The molecule has 0 bridgehead atoms. The Morgan fingerprint density at radius 2 is 2.27 bits per heavy atom. The molecule has 1 aromatic rings. The predicted molar refractivity (Wildman–Crippen MR) is 61.7 cm³/mol. The van der Waals surface area contributed by atoms with Gasteiger partial charge in [-0.15, -0.1) is 0 Å². The molecule has 82 valence electrons. The molecule has 1 saturated heterocycles. The van der Waals surface area contributed by atoms with E-state index >= 15 is 0 Å². The molecule has 0 spiro atoms. The summed E-state index contributed by atoms with van der Waals surface area (Å²) in [6, 6.07) is 2.47. The fourth-order valence-electron chi connectivity index (χ4n) is 2.18. The third kappa shape index (κ3) is 2.03. The van der Waals surface area contributed by atoms with E-state index in [2.05, 4.69) is 28.7 Å². The highest BCUT2D eigenvalue weighted by Crippen LogP contribution is 2.26. The van der Waals surface area contributed by atoms with Gasteiger partial charge in [0.1, 0.15) is 5.82 Å². The van der Waals surface area contributed by atoms with Crippen LogP contribution in [0.3, 0.4) is 0 Å². The molecule has 1 aromatic heterocycles. The number of nitrogens with zero attached hydrogens (tertiary/aromatic N) is 3. The van der Waals surface area contributed by atoms with Gasteiger partial charge in [0.2, 0.25) is 5.95 Å². The third-order valence-corrected chi connectivity index (χ3v) is 3.33. The topological polar surface area (TPSA) is 55.0 Å². The normalized spacial score (nSPS) is 26.7. The smallest absolute Gasteiger partial charge is 0.221 e. The van der Waals surface area contributed by atoms with Crippen molar-refractivity contribution in [2.24, 2.45) is 5.92 Å². The Labute approximate surface area is 90.5 Å². The Hall–Kier alpha value is -1.32. The Kier molecular flexibility index (Phi) is 2.75. The molecule has 15 heavy (non-hydrogen) atoms. The van der Waals surface area contributed by atoms with Gasteiger partial charge in [-0.3, -0.25) is 0 Å². The number of aromatic nitrogens is 2. The molecular formula is C11H18N4. The lowest BCUT2D eigenvalue weighted by molar-refractivity contribution is 0.361. The van der Waals surface area contributed by atoms with Crippen LogP contribution in [0.25, 0.3) is 0 Å². The molecular weight excluding hydrogens is 188 g/mol. The number of hydrogen-bond donors (Lipinski definition) is 1. The van der Waals surface area contributed by atoms with E-state index in [9.17, 15) is 0 Å². The second-order valence-corrected chi connectivity index (χ2v) is 4.33. The van der Waals surface area contributed by atoms with Gasteiger partial charge < -0.3 is 10.6 Å². The zero-order valence-electron chi connectivity index (χ0n) is 9.35. The zero-order chi connectivity index (χ0) is 10.8. The summed E-state index contributed by atoms with van der Waals surface area (Å²) in [5, 5.41) is 0.